The number of hydrogen-bond acceptors (Lipinski definition) is 4. The first-order valence-corrected chi connectivity index (χ1v) is 21.5. The summed E-state index contributed by atoms with van der Waals surface area (Å²) in [6.07, 6.45) is 30.7. The van der Waals surface area contributed by atoms with E-state index in [-0.39, 0.29) is 0 Å². The molecule has 4 heteroatoms. The van der Waals surface area contributed by atoms with Gasteiger partial charge in [-0.05, 0) is 96.2 Å². The standard InChI is InChI=1S/C36H58S4/c1-3-5-7-9-11-13-15-17-19-22-27-33-28-26-32-36(38-40-39-37-34-29-23-21-24-30-34)35(33)31-25-20-18-16-14-12-10-8-6-4-2/h21,23-24,26,28-30,32H,3-20,22,25,27,31H2,1-2H3. The van der Waals surface area contributed by atoms with Gasteiger partial charge in [0.05, 0.1) is 0 Å². The molecule has 0 aromatic heterocycles. The highest BCUT2D eigenvalue weighted by Gasteiger charge is 2.10. The van der Waals surface area contributed by atoms with E-state index in [2.05, 4.69) is 62.4 Å². The van der Waals surface area contributed by atoms with Gasteiger partial charge in [-0.25, -0.2) is 0 Å². The Hall–Kier alpha value is -0.160. The molecule has 0 saturated heterocycles. The molecular formula is C36H58S4. The zero-order chi connectivity index (χ0) is 28.4. The summed E-state index contributed by atoms with van der Waals surface area (Å²) < 4.78 is 0. The summed E-state index contributed by atoms with van der Waals surface area (Å²) in [5.41, 5.74) is 3.28. The molecule has 0 aliphatic rings. The molecule has 0 aliphatic carbocycles. The third-order valence-electron chi connectivity index (χ3n) is 7.84. The van der Waals surface area contributed by atoms with Crippen molar-refractivity contribution in [2.75, 3.05) is 0 Å². The van der Waals surface area contributed by atoms with Crippen molar-refractivity contribution >= 4 is 41.2 Å². The highest BCUT2D eigenvalue weighted by atomic mass is 33.7. The molecule has 2 aromatic rings. The molecule has 0 nitrogen and oxygen atoms in total. The van der Waals surface area contributed by atoms with E-state index in [1.165, 1.54) is 151 Å². The summed E-state index contributed by atoms with van der Waals surface area (Å²) in [4.78, 5) is 2.84. The summed E-state index contributed by atoms with van der Waals surface area (Å²) in [7, 11) is 7.67. The summed E-state index contributed by atoms with van der Waals surface area (Å²) in [5.74, 6) is 0. The lowest BCUT2D eigenvalue weighted by atomic mass is 9.96. The van der Waals surface area contributed by atoms with Crippen LogP contribution in [0.25, 0.3) is 0 Å². The number of rotatable bonds is 27. The molecule has 0 radical (unpaired) electrons. The van der Waals surface area contributed by atoms with Crippen molar-refractivity contribution in [3.63, 3.8) is 0 Å². The van der Waals surface area contributed by atoms with Crippen molar-refractivity contribution in [1.29, 1.82) is 0 Å². The van der Waals surface area contributed by atoms with E-state index in [1.54, 1.807) is 11.1 Å². The van der Waals surface area contributed by atoms with Crippen molar-refractivity contribution in [3.05, 3.63) is 59.7 Å². The van der Waals surface area contributed by atoms with Crippen molar-refractivity contribution in [3.8, 4) is 0 Å². The molecule has 0 aliphatic heterocycles. The summed E-state index contributed by atoms with van der Waals surface area (Å²) in [6.45, 7) is 4.61. The molecule has 0 amide bonds. The second-order valence-corrected chi connectivity index (χ2v) is 17.2. The van der Waals surface area contributed by atoms with Crippen molar-refractivity contribution in [2.45, 2.75) is 165 Å². The third-order valence-corrected chi connectivity index (χ3v) is 14.0. The SMILES string of the molecule is CCCCCCCCCCCCc1cccc(SSSSc2ccccc2)c1CCCCCCCCCCCC. The van der Waals surface area contributed by atoms with Crippen LogP contribution in [0.1, 0.15) is 153 Å². The molecule has 2 rings (SSSR count). The smallest absolute Gasteiger partial charge is 0.0226 e. The monoisotopic (exact) mass is 618 g/mol. The molecule has 0 fully saturated rings. The van der Waals surface area contributed by atoms with Gasteiger partial charge in [-0.2, -0.15) is 0 Å². The van der Waals surface area contributed by atoms with Gasteiger partial charge in [0, 0.05) is 9.79 Å². The maximum Gasteiger partial charge on any atom is 0.0226 e. The Labute approximate surface area is 264 Å². The maximum atomic E-state index is 2.43. The Morgan fingerprint density at radius 1 is 0.425 bits per heavy atom. The van der Waals surface area contributed by atoms with Crippen LogP contribution < -0.4 is 0 Å². The topological polar surface area (TPSA) is 0 Å². The zero-order valence-electron chi connectivity index (χ0n) is 25.8. The van der Waals surface area contributed by atoms with Gasteiger partial charge in [0.1, 0.15) is 0 Å². The molecule has 2 aromatic carbocycles. The number of aryl methyl sites for hydroxylation is 1. The number of unbranched alkanes of at least 4 members (excludes halogenated alkanes) is 18. The first kappa shape index (κ1) is 36.0. The van der Waals surface area contributed by atoms with E-state index in [0.717, 1.165) is 0 Å². The Morgan fingerprint density at radius 3 is 1.45 bits per heavy atom. The van der Waals surface area contributed by atoms with Gasteiger partial charge in [0.25, 0.3) is 0 Å². The van der Waals surface area contributed by atoms with Crippen LogP contribution in [-0.2, 0) is 12.8 Å². The average Bonchev–Trinajstić information content (AvgIpc) is 2.98. The van der Waals surface area contributed by atoms with Crippen molar-refractivity contribution in [2.24, 2.45) is 0 Å². The molecule has 0 spiro atoms. The number of benzene rings is 2. The zero-order valence-corrected chi connectivity index (χ0v) is 29.1. The van der Waals surface area contributed by atoms with Gasteiger partial charge in [-0.15, -0.1) is 0 Å². The minimum atomic E-state index is 1.25. The second-order valence-electron chi connectivity index (χ2n) is 11.4. The lowest BCUT2D eigenvalue weighted by molar-refractivity contribution is 0.552. The predicted molar refractivity (Wildman–Crippen MR) is 191 cm³/mol. The quantitative estimate of drug-likeness (QED) is 0.0721. The van der Waals surface area contributed by atoms with Crippen LogP contribution in [0.15, 0.2) is 58.3 Å². The lowest BCUT2D eigenvalue weighted by Gasteiger charge is -2.14. The Kier molecular flexibility index (Phi) is 23.8. The average molecular weight is 619 g/mol. The van der Waals surface area contributed by atoms with Crippen molar-refractivity contribution in [1.82, 2.24) is 0 Å². The van der Waals surface area contributed by atoms with E-state index < -0.39 is 0 Å². The van der Waals surface area contributed by atoms with E-state index in [0.29, 0.717) is 0 Å². The Morgan fingerprint density at radius 2 is 0.900 bits per heavy atom. The lowest BCUT2D eigenvalue weighted by Crippen LogP contribution is -1.98. The first-order chi connectivity index (χ1) is 19.8. The minimum Gasteiger partial charge on any atom is -0.0654 e. The maximum absolute atomic E-state index is 2.43. The van der Waals surface area contributed by atoms with Gasteiger partial charge in [0.15, 0.2) is 0 Å². The van der Waals surface area contributed by atoms with Crippen LogP contribution in [0.4, 0.5) is 0 Å². The molecular weight excluding hydrogens is 561 g/mol. The van der Waals surface area contributed by atoms with E-state index in [1.807, 2.05) is 41.2 Å². The van der Waals surface area contributed by atoms with Crippen molar-refractivity contribution < 1.29 is 0 Å². The molecule has 226 valence electrons. The Balaban J connectivity index is 1.76. The van der Waals surface area contributed by atoms with E-state index in [4.69, 9.17) is 0 Å². The molecule has 0 heterocycles. The van der Waals surface area contributed by atoms with E-state index in [9.17, 15) is 0 Å². The van der Waals surface area contributed by atoms with Crippen LogP contribution in [0.2, 0.25) is 0 Å². The normalized spacial score (nSPS) is 11.3. The van der Waals surface area contributed by atoms with Crippen LogP contribution in [0.5, 0.6) is 0 Å². The molecule has 40 heavy (non-hydrogen) atoms. The predicted octanol–water partition coefficient (Wildman–Crippen LogP) is 14.7. The number of hydrogen-bond donors (Lipinski definition) is 0. The largest absolute Gasteiger partial charge is 0.0654 e. The van der Waals surface area contributed by atoms with Gasteiger partial charge >= 0.3 is 0 Å². The molecule has 0 saturated carbocycles. The van der Waals surface area contributed by atoms with Gasteiger partial charge in [-0.1, -0.05) is 160 Å². The molecule has 0 bridgehead atoms. The molecule has 0 N–H and O–H groups in total. The Bertz CT molecular complexity index is 823. The van der Waals surface area contributed by atoms with Gasteiger partial charge in [-0.3, -0.25) is 0 Å². The van der Waals surface area contributed by atoms with Gasteiger partial charge < -0.3 is 0 Å². The fourth-order valence-electron chi connectivity index (χ4n) is 5.38. The molecule has 0 atom stereocenters. The fourth-order valence-corrected chi connectivity index (χ4v) is 11.1. The summed E-state index contributed by atoms with van der Waals surface area (Å²) in [6, 6.07) is 17.9. The second kappa shape index (κ2) is 26.5. The van der Waals surface area contributed by atoms with Crippen LogP contribution in [0, 0.1) is 0 Å². The highest BCUT2D eigenvalue weighted by Crippen LogP contribution is 2.50. The highest BCUT2D eigenvalue weighted by molar-refractivity contribution is 9.26. The fraction of sp³-hybridized carbons (Fsp3) is 0.667. The molecule has 0 unspecified atom stereocenters. The third kappa shape index (κ3) is 18.4. The van der Waals surface area contributed by atoms with Crippen LogP contribution in [-0.4, -0.2) is 0 Å². The van der Waals surface area contributed by atoms with E-state index >= 15 is 0 Å². The van der Waals surface area contributed by atoms with Crippen LogP contribution >= 0.6 is 41.2 Å². The summed E-state index contributed by atoms with van der Waals surface area (Å²) in [5, 5.41) is 0. The van der Waals surface area contributed by atoms with Gasteiger partial charge in [0.2, 0.25) is 0 Å². The van der Waals surface area contributed by atoms with Crippen LogP contribution in [0.3, 0.4) is 0 Å². The minimum absolute atomic E-state index is 1.25. The summed E-state index contributed by atoms with van der Waals surface area (Å²) >= 11 is 0. The first-order valence-electron chi connectivity index (χ1n) is 16.7.